The number of carbonyl (C=O) groups is 1. The Morgan fingerprint density at radius 2 is 2.12 bits per heavy atom. The summed E-state index contributed by atoms with van der Waals surface area (Å²) < 4.78 is 14.9. The molecule has 0 aromatic heterocycles. The van der Waals surface area contributed by atoms with Crippen LogP contribution in [0.4, 0.5) is 0 Å². The van der Waals surface area contributed by atoms with Crippen LogP contribution in [0.15, 0.2) is 30.3 Å². The summed E-state index contributed by atoms with van der Waals surface area (Å²) in [6, 6.07) is 9.14. The van der Waals surface area contributed by atoms with Gasteiger partial charge in [-0.3, -0.25) is 10.0 Å². The Morgan fingerprint density at radius 1 is 1.50 bits per heavy atom. The van der Waals surface area contributed by atoms with Gasteiger partial charge in [-0.15, -0.1) is 0 Å². The molecule has 0 aliphatic heterocycles. The minimum absolute atomic E-state index is 0.0911. The normalized spacial score (nSPS) is 14.9. The molecule has 1 N–H and O–H groups in total. The molecular weight excluding hydrogens is 202 g/mol. The maximum absolute atomic E-state index is 12.0. The van der Waals surface area contributed by atoms with E-state index >= 15 is 0 Å². The molecule has 1 atom stereocenters. The van der Waals surface area contributed by atoms with Crippen LogP contribution in [0.2, 0.25) is 0 Å². The molecule has 0 aliphatic carbocycles. The fourth-order valence-electron chi connectivity index (χ4n) is 1.25. The number of hydroxylamine groups is 2. The van der Waals surface area contributed by atoms with Crippen LogP contribution >= 0.6 is 0 Å². The third-order valence-corrected chi connectivity index (χ3v) is 2.47. The van der Waals surface area contributed by atoms with Gasteiger partial charge in [0, 0.05) is 8.16 Å². The van der Waals surface area contributed by atoms with Gasteiger partial charge in [0.1, 0.15) is 0 Å². The van der Waals surface area contributed by atoms with E-state index in [-0.39, 0.29) is 13.4 Å². The quantitative estimate of drug-likeness (QED) is 0.630. The maximum Gasteiger partial charge on any atom is 0.251 e. The van der Waals surface area contributed by atoms with E-state index in [1.165, 1.54) is 0 Å². The van der Waals surface area contributed by atoms with Crippen molar-refractivity contribution in [2.24, 2.45) is 5.41 Å². The molecule has 88 valence electrons. The molecular formula is C13H19NO2. The van der Waals surface area contributed by atoms with Crippen molar-refractivity contribution < 1.29 is 12.7 Å². The molecule has 1 amide bonds. The van der Waals surface area contributed by atoms with Crippen LogP contribution in [0.25, 0.3) is 0 Å². The van der Waals surface area contributed by atoms with Gasteiger partial charge in [-0.2, -0.15) is 0 Å². The van der Waals surface area contributed by atoms with Crippen molar-refractivity contribution in [1.82, 2.24) is 5.06 Å². The van der Waals surface area contributed by atoms with Crippen molar-refractivity contribution >= 4 is 5.91 Å². The van der Waals surface area contributed by atoms with Gasteiger partial charge in [0.05, 0.1) is 6.54 Å². The highest BCUT2D eigenvalue weighted by Crippen LogP contribution is 2.23. The van der Waals surface area contributed by atoms with Crippen molar-refractivity contribution in [2.75, 3.05) is 0 Å². The van der Waals surface area contributed by atoms with Gasteiger partial charge >= 0.3 is 0 Å². The first-order valence-corrected chi connectivity index (χ1v) is 5.16. The van der Waals surface area contributed by atoms with Crippen LogP contribution in [0.1, 0.15) is 35.4 Å². The highest BCUT2D eigenvalue weighted by Gasteiger charge is 2.29. The first kappa shape index (κ1) is 9.85. The zero-order chi connectivity index (χ0) is 13.8. The molecule has 1 aromatic rings. The predicted molar refractivity (Wildman–Crippen MR) is 62.9 cm³/mol. The standard InChI is InChI=1S/C13H19NO2/c1-4-13(2,3)12(15)14(16)10-11-8-6-5-7-9-11/h5-9,16H,4,10H2,1-3H3/i1D,4D. The SMILES string of the molecule is [2H]CC([2H])C(C)(C)C(=O)N(O)Cc1ccccc1. The Labute approximate surface area is 99.5 Å². The number of amides is 1. The van der Waals surface area contributed by atoms with Crippen molar-refractivity contribution in [2.45, 2.75) is 33.7 Å². The summed E-state index contributed by atoms with van der Waals surface area (Å²) in [4.78, 5) is 12.0. The average Bonchev–Trinajstić information content (AvgIpc) is 2.37. The lowest BCUT2D eigenvalue weighted by atomic mass is 9.89. The van der Waals surface area contributed by atoms with E-state index in [2.05, 4.69) is 0 Å². The van der Waals surface area contributed by atoms with Gasteiger partial charge in [-0.25, -0.2) is 5.06 Å². The van der Waals surface area contributed by atoms with Gasteiger partial charge in [0.2, 0.25) is 0 Å². The van der Waals surface area contributed by atoms with Crippen LogP contribution in [0.3, 0.4) is 0 Å². The van der Waals surface area contributed by atoms with E-state index in [1.807, 2.05) is 30.3 Å². The maximum atomic E-state index is 12.0. The van der Waals surface area contributed by atoms with Crippen LogP contribution in [-0.4, -0.2) is 16.2 Å². The van der Waals surface area contributed by atoms with Gasteiger partial charge in [-0.05, 0) is 12.0 Å². The van der Waals surface area contributed by atoms with Crippen LogP contribution in [0.5, 0.6) is 0 Å². The van der Waals surface area contributed by atoms with Gasteiger partial charge in [0.25, 0.3) is 5.91 Å². The van der Waals surface area contributed by atoms with E-state index < -0.39 is 17.7 Å². The zero-order valence-electron chi connectivity index (χ0n) is 11.7. The fourth-order valence-corrected chi connectivity index (χ4v) is 1.25. The van der Waals surface area contributed by atoms with Gasteiger partial charge in [-0.1, -0.05) is 51.1 Å². The third-order valence-electron chi connectivity index (χ3n) is 2.47. The molecule has 0 bridgehead atoms. The molecule has 0 radical (unpaired) electrons. The lowest BCUT2D eigenvalue weighted by molar-refractivity contribution is -0.178. The molecule has 1 aromatic carbocycles. The number of hydrogen-bond donors (Lipinski definition) is 1. The molecule has 0 fully saturated rings. The van der Waals surface area contributed by atoms with Crippen molar-refractivity contribution in [3.63, 3.8) is 0 Å². The largest absolute Gasteiger partial charge is 0.286 e. The number of rotatable bonds is 4. The summed E-state index contributed by atoms with van der Waals surface area (Å²) in [6.45, 7) is 3.08. The molecule has 0 heterocycles. The summed E-state index contributed by atoms with van der Waals surface area (Å²) in [6.07, 6.45) is -0.851. The number of benzene rings is 1. The monoisotopic (exact) mass is 223 g/mol. The first-order chi connectivity index (χ1) is 8.39. The highest BCUT2D eigenvalue weighted by molar-refractivity contribution is 5.80. The topological polar surface area (TPSA) is 40.5 Å². The van der Waals surface area contributed by atoms with Crippen LogP contribution in [-0.2, 0) is 11.3 Å². The molecule has 3 heteroatoms. The minimum atomic E-state index is -1.06. The van der Waals surface area contributed by atoms with E-state index in [9.17, 15) is 10.0 Å². The Hall–Kier alpha value is -1.35. The summed E-state index contributed by atoms with van der Waals surface area (Å²) in [5.74, 6) is -0.529. The minimum Gasteiger partial charge on any atom is -0.286 e. The molecule has 16 heavy (non-hydrogen) atoms. The lowest BCUT2D eigenvalue weighted by Gasteiger charge is -2.26. The van der Waals surface area contributed by atoms with Crippen LogP contribution < -0.4 is 0 Å². The molecule has 0 saturated carbocycles. The second-order valence-electron chi connectivity index (χ2n) is 4.27. The van der Waals surface area contributed by atoms with Gasteiger partial charge in [0.15, 0.2) is 0 Å². The van der Waals surface area contributed by atoms with E-state index in [0.717, 1.165) is 5.56 Å². The van der Waals surface area contributed by atoms with Crippen LogP contribution in [0, 0.1) is 5.41 Å². The fraction of sp³-hybridized carbons (Fsp3) is 0.462. The summed E-state index contributed by atoms with van der Waals surface area (Å²) in [7, 11) is 0. The zero-order valence-corrected chi connectivity index (χ0v) is 9.68. The van der Waals surface area contributed by atoms with Crippen molar-refractivity contribution in [1.29, 1.82) is 0 Å². The molecule has 1 unspecified atom stereocenters. The van der Waals surface area contributed by atoms with E-state index in [0.29, 0.717) is 5.06 Å². The second-order valence-corrected chi connectivity index (χ2v) is 4.27. The highest BCUT2D eigenvalue weighted by atomic mass is 16.5. The number of hydrogen-bond acceptors (Lipinski definition) is 2. The lowest BCUT2D eigenvalue weighted by Crippen LogP contribution is -2.38. The van der Waals surface area contributed by atoms with Crippen molar-refractivity contribution in [3.8, 4) is 0 Å². The Morgan fingerprint density at radius 3 is 2.69 bits per heavy atom. The van der Waals surface area contributed by atoms with Crippen molar-refractivity contribution in [3.05, 3.63) is 35.9 Å². The first-order valence-electron chi connectivity index (χ1n) is 6.44. The molecule has 0 aliphatic rings. The smallest absolute Gasteiger partial charge is 0.251 e. The predicted octanol–water partition coefficient (Wildman–Crippen LogP) is 2.84. The summed E-state index contributed by atoms with van der Waals surface area (Å²) >= 11 is 0. The second kappa shape index (κ2) is 5.12. The van der Waals surface area contributed by atoms with Gasteiger partial charge < -0.3 is 0 Å². The Bertz CT molecular complexity index is 395. The third kappa shape index (κ3) is 3.07. The molecule has 3 nitrogen and oxygen atoms in total. The number of carbonyl (C=O) groups excluding carboxylic acids is 1. The van der Waals surface area contributed by atoms with E-state index in [1.54, 1.807) is 13.8 Å². The molecule has 0 spiro atoms. The Kier molecular flexibility index (Phi) is 3.15. The Balaban J connectivity index is 2.73. The molecule has 0 saturated heterocycles. The number of nitrogens with zero attached hydrogens (tertiary/aromatic N) is 1. The average molecular weight is 223 g/mol. The van der Waals surface area contributed by atoms with E-state index in [4.69, 9.17) is 2.74 Å². The summed E-state index contributed by atoms with van der Waals surface area (Å²) in [5.41, 5.74) is -0.248. The molecule has 1 rings (SSSR count). The summed E-state index contributed by atoms with van der Waals surface area (Å²) in [5, 5.41) is 10.4.